The van der Waals surface area contributed by atoms with Crippen molar-refractivity contribution in [2.24, 2.45) is 0 Å². The van der Waals surface area contributed by atoms with Crippen molar-refractivity contribution in [3.8, 4) is 0 Å². The van der Waals surface area contributed by atoms with E-state index in [4.69, 9.17) is 5.11 Å². The second kappa shape index (κ2) is 5.77. The molecule has 0 aliphatic carbocycles. The van der Waals surface area contributed by atoms with Crippen LogP contribution in [0.2, 0.25) is 0 Å². The highest BCUT2D eigenvalue weighted by atomic mass is 16.6. The van der Waals surface area contributed by atoms with E-state index in [1.165, 1.54) is 18.3 Å². The number of nitro groups is 1. The molecule has 1 aromatic rings. The molecular weight excluding hydrogens is 234 g/mol. The van der Waals surface area contributed by atoms with Crippen molar-refractivity contribution in [2.75, 3.05) is 18.1 Å². The van der Waals surface area contributed by atoms with E-state index in [0.29, 0.717) is 12.2 Å². The predicted molar refractivity (Wildman–Crippen MR) is 67.6 cm³/mol. The van der Waals surface area contributed by atoms with Gasteiger partial charge in [0, 0.05) is 31.5 Å². The first-order valence-corrected chi connectivity index (χ1v) is 6.20. The zero-order valence-electron chi connectivity index (χ0n) is 10.2. The van der Waals surface area contributed by atoms with E-state index in [0.717, 1.165) is 25.8 Å². The van der Waals surface area contributed by atoms with Crippen molar-refractivity contribution in [1.29, 1.82) is 0 Å². The molecule has 6 nitrogen and oxygen atoms in total. The number of piperidine rings is 1. The zero-order valence-corrected chi connectivity index (χ0v) is 10.2. The maximum atomic E-state index is 10.8. The molecule has 2 rings (SSSR count). The summed E-state index contributed by atoms with van der Waals surface area (Å²) in [5, 5.41) is 19.8. The first-order chi connectivity index (χ1) is 8.72. The SMILES string of the molecule is O=[N+]([O-])c1ccnc(N2CCCCC2CCO)c1. The second-order valence-corrected chi connectivity index (χ2v) is 4.48. The molecule has 0 aromatic carbocycles. The number of aliphatic hydroxyl groups excluding tert-OH is 1. The van der Waals surface area contributed by atoms with Gasteiger partial charge in [-0.1, -0.05) is 0 Å². The molecule has 0 bridgehead atoms. The Hall–Kier alpha value is -1.69. The van der Waals surface area contributed by atoms with Crippen molar-refractivity contribution >= 4 is 11.5 Å². The third-order valence-corrected chi connectivity index (χ3v) is 3.32. The van der Waals surface area contributed by atoms with Gasteiger partial charge in [-0.05, 0) is 25.7 Å². The summed E-state index contributed by atoms with van der Waals surface area (Å²) >= 11 is 0. The summed E-state index contributed by atoms with van der Waals surface area (Å²) in [6.07, 6.45) is 5.36. The van der Waals surface area contributed by atoms with E-state index >= 15 is 0 Å². The van der Waals surface area contributed by atoms with Crippen molar-refractivity contribution in [3.05, 3.63) is 28.4 Å². The number of hydrogen-bond acceptors (Lipinski definition) is 5. The molecule has 1 unspecified atom stereocenters. The van der Waals surface area contributed by atoms with Crippen LogP contribution in [0.15, 0.2) is 18.3 Å². The summed E-state index contributed by atoms with van der Waals surface area (Å²) in [5.41, 5.74) is 0.0633. The molecule has 1 N–H and O–H groups in total. The fourth-order valence-electron chi connectivity index (χ4n) is 2.43. The Balaban J connectivity index is 2.22. The predicted octanol–water partition coefficient (Wildman–Crippen LogP) is 1.73. The molecule has 0 radical (unpaired) electrons. The Kier molecular flexibility index (Phi) is 4.09. The smallest absolute Gasteiger partial charge is 0.274 e. The van der Waals surface area contributed by atoms with Gasteiger partial charge < -0.3 is 10.0 Å². The first kappa shape index (κ1) is 12.8. The third-order valence-electron chi connectivity index (χ3n) is 3.32. The number of aromatic nitrogens is 1. The number of aliphatic hydroxyl groups is 1. The molecule has 0 saturated carbocycles. The van der Waals surface area contributed by atoms with Crippen LogP contribution in [-0.2, 0) is 0 Å². The highest BCUT2D eigenvalue weighted by Gasteiger charge is 2.24. The maximum Gasteiger partial charge on any atom is 0.274 e. The Bertz CT molecular complexity index is 423. The van der Waals surface area contributed by atoms with Crippen LogP contribution in [0.5, 0.6) is 0 Å². The molecule has 1 aromatic heterocycles. The lowest BCUT2D eigenvalue weighted by Crippen LogP contribution is -2.40. The molecule has 6 heteroatoms. The summed E-state index contributed by atoms with van der Waals surface area (Å²) in [6, 6.07) is 3.14. The van der Waals surface area contributed by atoms with Crippen LogP contribution >= 0.6 is 0 Å². The summed E-state index contributed by atoms with van der Waals surface area (Å²) in [4.78, 5) is 16.6. The van der Waals surface area contributed by atoms with Gasteiger partial charge in [0.15, 0.2) is 0 Å². The molecule has 1 aliphatic rings. The van der Waals surface area contributed by atoms with Crippen LogP contribution < -0.4 is 4.90 Å². The van der Waals surface area contributed by atoms with Crippen LogP contribution in [0, 0.1) is 10.1 Å². The second-order valence-electron chi connectivity index (χ2n) is 4.48. The maximum absolute atomic E-state index is 10.8. The highest BCUT2D eigenvalue weighted by Crippen LogP contribution is 2.26. The average Bonchev–Trinajstić information content (AvgIpc) is 2.40. The molecule has 0 spiro atoms. The average molecular weight is 251 g/mol. The van der Waals surface area contributed by atoms with Crippen molar-refractivity contribution in [2.45, 2.75) is 31.7 Å². The van der Waals surface area contributed by atoms with Gasteiger partial charge >= 0.3 is 0 Å². The monoisotopic (exact) mass is 251 g/mol. The molecule has 1 saturated heterocycles. The fourth-order valence-corrected chi connectivity index (χ4v) is 2.43. The van der Waals surface area contributed by atoms with Crippen LogP contribution in [0.1, 0.15) is 25.7 Å². The lowest BCUT2D eigenvalue weighted by atomic mass is 9.99. The van der Waals surface area contributed by atoms with Gasteiger partial charge in [0.05, 0.1) is 11.0 Å². The van der Waals surface area contributed by atoms with Gasteiger partial charge in [0.25, 0.3) is 5.69 Å². The van der Waals surface area contributed by atoms with Crippen LogP contribution in [-0.4, -0.2) is 34.2 Å². The lowest BCUT2D eigenvalue weighted by molar-refractivity contribution is -0.384. The van der Waals surface area contributed by atoms with Gasteiger partial charge in [0.1, 0.15) is 5.82 Å². The van der Waals surface area contributed by atoms with E-state index in [1.807, 2.05) is 0 Å². The number of pyridine rings is 1. The Morgan fingerprint density at radius 1 is 1.56 bits per heavy atom. The Morgan fingerprint density at radius 3 is 3.11 bits per heavy atom. The molecule has 18 heavy (non-hydrogen) atoms. The van der Waals surface area contributed by atoms with E-state index in [9.17, 15) is 10.1 Å². The van der Waals surface area contributed by atoms with E-state index in [2.05, 4.69) is 9.88 Å². The van der Waals surface area contributed by atoms with Gasteiger partial charge in [-0.3, -0.25) is 10.1 Å². The lowest BCUT2D eigenvalue weighted by Gasteiger charge is -2.36. The van der Waals surface area contributed by atoms with Crippen LogP contribution in [0.25, 0.3) is 0 Å². The van der Waals surface area contributed by atoms with Crippen LogP contribution in [0.4, 0.5) is 11.5 Å². The Labute approximate surface area is 105 Å². The summed E-state index contributed by atoms with van der Waals surface area (Å²) in [5.74, 6) is 0.641. The van der Waals surface area contributed by atoms with Crippen molar-refractivity contribution < 1.29 is 10.0 Å². The third kappa shape index (κ3) is 2.76. The molecule has 1 fully saturated rings. The van der Waals surface area contributed by atoms with Gasteiger partial charge in [-0.25, -0.2) is 4.98 Å². The zero-order chi connectivity index (χ0) is 13.0. The molecule has 0 amide bonds. The molecule has 1 atom stereocenters. The van der Waals surface area contributed by atoms with Gasteiger partial charge in [-0.2, -0.15) is 0 Å². The van der Waals surface area contributed by atoms with Crippen molar-refractivity contribution in [3.63, 3.8) is 0 Å². The molecule has 2 heterocycles. The summed E-state index contributed by atoms with van der Waals surface area (Å²) < 4.78 is 0. The minimum Gasteiger partial charge on any atom is -0.396 e. The topological polar surface area (TPSA) is 79.5 Å². The molecule has 1 aliphatic heterocycles. The normalized spacial score (nSPS) is 19.8. The summed E-state index contributed by atoms with van der Waals surface area (Å²) in [7, 11) is 0. The fraction of sp³-hybridized carbons (Fsp3) is 0.583. The van der Waals surface area contributed by atoms with E-state index in [-0.39, 0.29) is 18.3 Å². The minimum absolute atomic E-state index is 0.0633. The highest BCUT2D eigenvalue weighted by molar-refractivity contribution is 5.47. The summed E-state index contributed by atoms with van der Waals surface area (Å²) in [6.45, 7) is 0.981. The minimum atomic E-state index is -0.407. The van der Waals surface area contributed by atoms with Gasteiger partial charge in [0.2, 0.25) is 0 Å². The standard InChI is InChI=1S/C12H17N3O3/c16-8-5-10-3-1-2-7-14(10)12-9-11(15(17)18)4-6-13-12/h4,6,9-10,16H,1-3,5,7-8H2. The quantitative estimate of drug-likeness (QED) is 0.651. The Morgan fingerprint density at radius 2 is 2.39 bits per heavy atom. The van der Waals surface area contributed by atoms with Gasteiger partial charge in [-0.15, -0.1) is 0 Å². The van der Waals surface area contributed by atoms with E-state index < -0.39 is 4.92 Å². The van der Waals surface area contributed by atoms with E-state index in [1.54, 1.807) is 0 Å². The van der Waals surface area contributed by atoms with Crippen molar-refractivity contribution in [1.82, 2.24) is 4.98 Å². The first-order valence-electron chi connectivity index (χ1n) is 6.20. The number of hydrogen-bond donors (Lipinski definition) is 1. The van der Waals surface area contributed by atoms with Crippen LogP contribution in [0.3, 0.4) is 0 Å². The molecular formula is C12H17N3O3. The number of nitrogens with zero attached hydrogens (tertiary/aromatic N) is 3. The number of anilines is 1. The number of rotatable bonds is 4. The molecule has 98 valence electrons. The largest absolute Gasteiger partial charge is 0.396 e.